The van der Waals surface area contributed by atoms with Crippen molar-refractivity contribution in [3.8, 4) is 16.8 Å². The number of likely N-dealkylation sites (tertiary alicyclic amines) is 1. The number of nitrogen functional groups attached to an aromatic ring is 1. The highest BCUT2D eigenvalue weighted by Gasteiger charge is 2.28. The number of para-hydroxylation sites is 1. The van der Waals surface area contributed by atoms with Crippen LogP contribution in [-0.2, 0) is 0 Å². The molecular weight excluding hydrogens is 541 g/mol. The number of fused-ring (bicyclic) bond motifs is 1. The fraction of sp³-hybridized carbons (Fsp3) is 0.167. The minimum atomic E-state index is -0.955. The minimum Gasteiger partial charge on any atom is -0.465 e. The van der Waals surface area contributed by atoms with Gasteiger partial charge in [0, 0.05) is 53.4 Å². The van der Waals surface area contributed by atoms with Crippen LogP contribution in [-0.4, -0.2) is 54.3 Å². The number of amides is 2. The summed E-state index contributed by atoms with van der Waals surface area (Å²) >= 11 is 0. The second-order valence-corrected chi connectivity index (χ2v) is 10.0. The maximum Gasteiger partial charge on any atom is 0.407 e. The van der Waals surface area contributed by atoms with Gasteiger partial charge in [-0.15, -0.1) is 0 Å². The van der Waals surface area contributed by atoms with Gasteiger partial charge in [0.2, 0.25) is 0 Å². The number of hydrogen-bond donors (Lipinski definition) is 3. The van der Waals surface area contributed by atoms with Crippen LogP contribution in [0.4, 0.5) is 20.7 Å². The smallest absolute Gasteiger partial charge is 0.407 e. The molecule has 4 N–H and O–H groups in total. The van der Waals surface area contributed by atoms with Crippen LogP contribution in [0.1, 0.15) is 34.8 Å². The molecule has 5 aromatic rings. The van der Waals surface area contributed by atoms with Crippen LogP contribution in [0.3, 0.4) is 0 Å². The molecule has 212 valence electrons. The molecule has 12 heteroatoms. The normalized spacial score (nSPS) is 13.8. The van der Waals surface area contributed by atoms with E-state index in [2.05, 4.69) is 15.4 Å². The van der Waals surface area contributed by atoms with E-state index >= 15 is 4.39 Å². The highest BCUT2D eigenvalue weighted by atomic mass is 19.1. The number of rotatable bonds is 5. The van der Waals surface area contributed by atoms with E-state index in [4.69, 9.17) is 5.73 Å². The van der Waals surface area contributed by atoms with Crippen molar-refractivity contribution < 1.29 is 19.1 Å². The fourth-order valence-electron chi connectivity index (χ4n) is 5.42. The molecule has 1 fully saturated rings. The number of benzene rings is 2. The molecule has 1 aliphatic heterocycles. The highest BCUT2D eigenvalue weighted by molar-refractivity contribution is 6.04. The summed E-state index contributed by atoms with van der Waals surface area (Å²) in [5, 5.41) is 16.3. The van der Waals surface area contributed by atoms with E-state index in [0.717, 1.165) is 5.69 Å². The van der Waals surface area contributed by atoms with Crippen molar-refractivity contribution in [1.82, 2.24) is 24.1 Å². The Morgan fingerprint density at radius 2 is 1.76 bits per heavy atom. The average molecular weight is 568 g/mol. The van der Waals surface area contributed by atoms with Gasteiger partial charge in [-0.1, -0.05) is 18.2 Å². The summed E-state index contributed by atoms with van der Waals surface area (Å²) in [6.45, 7) is 0.757. The molecule has 1 aliphatic rings. The number of carbonyl (C=O) groups is 2. The Hall–Kier alpha value is -5.52. The summed E-state index contributed by atoms with van der Waals surface area (Å²) in [7, 11) is 0. The SMILES string of the molecule is Nc1ncnn2c(C3CCN(C(=O)O)CC3)cc(-c3ccc(NC(=O)c4cccn(-c5ccccc5)c4=O)cc3F)c12. The summed E-state index contributed by atoms with van der Waals surface area (Å²) in [5.41, 5.74) is 8.33. The number of aromatic nitrogens is 4. The zero-order chi connectivity index (χ0) is 29.4. The van der Waals surface area contributed by atoms with Gasteiger partial charge in [-0.25, -0.2) is 18.7 Å². The summed E-state index contributed by atoms with van der Waals surface area (Å²) < 4.78 is 18.6. The first-order chi connectivity index (χ1) is 20.3. The lowest BCUT2D eigenvalue weighted by Crippen LogP contribution is -2.37. The van der Waals surface area contributed by atoms with Crippen molar-refractivity contribution in [2.45, 2.75) is 18.8 Å². The summed E-state index contributed by atoms with van der Waals surface area (Å²) in [4.78, 5) is 42.9. The predicted molar refractivity (Wildman–Crippen MR) is 154 cm³/mol. The van der Waals surface area contributed by atoms with Crippen LogP contribution in [0.2, 0.25) is 0 Å². The van der Waals surface area contributed by atoms with Crippen molar-refractivity contribution in [3.05, 3.63) is 107 Å². The number of nitrogens with one attached hydrogen (secondary N) is 1. The molecule has 0 radical (unpaired) electrons. The molecule has 42 heavy (non-hydrogen) atoms. The van der Waals surface area contributed by atoms with Crippen molar-refractivity contribution in [3.63, 3.8) is 0 Å². The number of nitrogens with two attached hydrogens (primary N) is 1. The quantitative estimate of drug-likeness (QED) is 0.286. The molecule has 0 unspecified atom stereocenters. The maximum atomic E-state index is 15.6. The van der Waals surface area contributed by atoms with Gasteiger partial charge in [0.15, 0.2) is 5.82 Å². The van der Waals surface area contributed by atoms with Gasteiger partial charge in [0.1, 0.15) is 23.2 Å². The van der Waals surface area contributed by atoms with Crippen LogP contribution >= 0.6 is 0 Å². The molecule has 2 amide bonds. The van der Waals surface area contributed by atoms with E-state index in [1.54, 1.807) is 47.1 Å². The molecule has 0 spiro atoms. The topological polar surface area (TPSA) is 148 Å². The fourth-order valence-corrected chi connectivity index (χ4v) is 5.42. The molecule has 11 nitrogen and oxygen atoms in total. The van der Waals surface area contributed by atoms with Gasteiger partial charge in [-0.2, -0.15) is 5.10 Å². The van der Waals surface area contributed by atoms with Crippen LogP contribution in [0.15, 0.2) is 84.0 Å². The molecule has 3 aromatic heterocycles. The van der Waals surface area contributed by atoms with E-state index in [0.29, 0.717) is 42.7 Å². The first-order valence-corrected chi connectivity index (χ1v) is 13.3. The van der Waals surface area contributed by atoms with Gasteiger partial charge < -0.3 is 21.1 Å². The maximum absolute atomic E-state index is 15.6. The Labute approximate surface area is 238 Å². The van der Waals surface area contributed by atoms with Gasteiger partial charge in [0.05, 0.1) is 0 Å². The molecule has 0 bridgehead atoms. The van der Waals surface area contributed by atoms with Crippen molar-refractivity contribution >= 4 is 29.0 Å². The summed E-state index contributed by atoms with van der Waals surface area (Å²) in [5.74, 6) is -1.13. The van der Waals surface area contributed by atoms with E-state index in [-0.39, 0.29) is 28.6 Å². The summed E-state index contributed by atoms with van der Waals surface area (Å²) in [6, 6.07) is 18.0. The third kappa shape index (κ3) is 4.83. The molecule has 2 aromatic carbocycles. The van der Waals surface area contributed by atoms with Crippen molar-refractivity contribution in [2.24, 2.45) is 0 Å². The number of pyridine rings is 1. The molecule has 6 rings (SSSR count). The Bertz CT molecular complexity index is 1880. The summed E-state index contributed by atoms with van der Waals surface area (Å²) in [6.07, 6.45) is 3.11. The second kappa shape index (κ2) is 10.8. The van der Waals surface area contributed by atoms with Crippen LogP contribution < -0.4 is 16.6 Å². The number of halogens is 1. The van der Waals surface area contributed by atoms with Crippen molar-refractivity contribution in [2.75, 3.05) is 24.1 Å². The van der Waals surface area contributed by atoms with Crippen LogP contribution in [0, 0.1) is 5.82 Å². The first kappa shape index (κ1) is 26.7. The lowest BCUT2D eigenvalue weighted by Gasteiger charge is -2.29. The number of nitrogens with zero attached hydrogens (tertiary/aromatic N) is 5. The Morgan fingerprint density at radius 3 is 2.48 bits per heavy atom. The Morgan fingerprint density at radius 1 is 1.00 bits per heavy atom. The van der Waals surface area contributed by atoms with Gasteiger partial charge in [-0.3, -0.25) is 14.2 Å². The number of piperidine rings is 1. The third-order valence-corrected chi connectivity index (χ3v) is 7.54. The minimum absolute atomic E-state index is 0.0106. The van der Waals surface area contributed by atoms with Crippen molar-refractivity contribution in [1.29, 1.82) is 0 Å². The molecule has 0 aliphatic carbocycles. The van der Waals surface area contributed by atoms with Crippen LogP contribution in [0.5, 0.6) is 0 Å². The van der Waals surface area contributed by atoms with Crippen LogP contribution in [0.25, 0.3) is 22.3 Å². The zero-order valence-electron chi connectivity index (χ0n) is 22.3. The largest absolute Gasteiger partial charge is 0.465 e. The molecule has 0 saturated carbocycles. The molecule has 4 heterocycles. The average Bonchev–Trinajstić information content (AvgIpc) is 3.38. The standard InChI is InChI=1S/C30H26FN7O4/c31-24-15-19(35-28(39)22-7-4-12-37(29(22)40)20-5-2-1-3-6-20)8-9-21(24)23-16-25(38-26(23)27(32)33-17-34-38)18-10-13-36(14-11-18)30(41)42/h1-9,12,15-18H,10-11,13-14H2,(H,35,39)(H,41,42)(H2,32,33,34). The second-order valence-electron chi connectivity index (χ2n) is 10.0. The number of carboxylic acid groups (broad SMARTS) is 1. The molecule has 0 atom stereocenters. The zero-order valence-corrected chi connectivity index (χ0v) is 22.3. The number of hydrogen-bond acceptors (Lipinski definition) is 6. The Balaban J connectivity index is 1.30. The molecular formula is C30H26FN7O4. The van der Waals surface area contributed by atoms with E-state index < -0.39 is 23.4 Å². The highest BCUT2D eigenvalue weighted by Crippen LogP contribution is 2.38. The number of anilines is 2. The Kier molecular flexibility index (Phi) is 6.87. The number of carbonyl (C=O) groups excluding carboxylic acids is 1. The van der Waals surface area contributed by atoms with Gasteiger partial charge >= 0.3 is 6.09 Å². The molecule has 1 saturated heterocycles. The van der Waals surface area contributed by atoms with E-state index in [1.807, 2.05) is 12.1 Å². The predicted octanol–water partition coefficient (Wildman–Crippen LogP) is 4.38. The third-order valence-electron chi connectivity index (χ3n) is 7.54. The lowest BCUT2D eigenvalue weighted by atomic mass is 9.93. The van der Waals surface area contributed by atoms with E-state index in [9.17, 15) is 19.5 Å². The lowest BCUT2D eigenvalue weighted by molar-refractivity contribution is 0.102. The first-order valence-electron chi connectivity index (χ1n) is 13.3. The monoisotopic (exact) mass is 567 g/mol. The van der Waals surface area contributed by atoms with E-state index in [1.165, 1.54) is 34.0 Å². The van der Waals surface area contributed by atoms with Gasteiger partial charge in [-0.05, 0) is 61.4 Å². The van der Waals surface area contributed by atoms with Gasteiger partial charge in [0.25, 0.3) is 11.5 Å².